The number of hydrogen-bond donors (Lipinski definition) is 1. The van der Waals surface area contributed by atoms with E-state index in [2.05, 4.69) is 66.8 Å². The average Bonchev–Trinajstić information content (AvgIpc) is 2.51. The molecule has 0 saturated heterocycles. The van der Waals surface area contributed by atoms with Gasteiger partial charge in [-0.1, -0.05) is 66.6 Å². The molecule has 112 valence electrons. The first-order valence-electron chi connectivity index (χ1n) is 8.15. The Bertz CT molecular complexity index is 504. The first-order chi connectivity index (χ1) is 10.3. The predicted molar refractivity (Wildman–Crippen MR) is 91.7 cm³/mol. The average molecular weight is 281 g/mol. The summed E-state index contributed by atoms with van der Waals surface area (Å²) in [6, 6.07) is 19.6. The molecule has 21 heavy (non-hydrogen) atoms. The maximum atomic E-state index is 3.55. The highest BCUT2D eigenvalue weighted by atomic mass is 14.8. The molecule has 0 saturated carbocycles. The van der Waals surface area contributed by atoms with Crippen LogP contribution in [0.5, 0.6) is 0 Å². The zero-order valence-electron chi connectivity index (χ0n) is 13.1. The molecule has 2 rings (SSSR count). The fraction of sp³-hybridized carbons (Fsp3) is 0.400. The lowest BCUT2D eigenvalue weighted by Crippen LogP contribution is -2.18. The molecule has 0 aromatic heterocycles. The Kier molecular flexibility index (Phi) is 7.03. The Morgan fingerprint density at radius 2 is 1.52 bits per heavy atom. The summed E-state index contributed by atoms with van der Waals surface area (Å²) in [4.78, 5) is 0. The first-order valence-corrected chi connectivity index (χ1v) is 8.15. The molecule has 2 aromatic carbocycles. The number of benzene rings is 2. The van der Waals surface area contributed by atoms with Gasteiger partial charge >= 0.3 is 0 Å². The van der Waals surface area contributed by atoms with Crippen LogP contribution in [-0.4, -0.2) is 13.1 Å². The van der Waals surface area contributed by atoms with Crippen molar-refractivity contribution < 1.29 is 0 Å². The molecule has 2 aromatic rings. The molecule has 1 heteroatoms. The van der Waals surface area contributed by atoms with Gasteiger partial charge in [-0.25, -0.2) is 0 Å². The van der Waals surface area contributed by atoms with E-state index in [1.807, 2.05) is 0 Å². The van der Waals surface area contributed by atoms with Crippen LogP contribution >= 0.6 is 0 Å². The second kappa shape index (κ2) is 9.36. The van der Waals surface area contributed by atoms with E-state index in [9.17, 15) is 0 Å². The van der Waals surface area contributed by atoms with Crippen LogP contribution in [0.25, 0.3) is 0 Å². The van der Waals surface area contributed by atoms with Gasteiger partial charge < -0.3 is 5.32 Å². The quantitative estimate of drug-likeness (QED) is 0.665. The first kappa shape index (κ1) is 15.8. The van der Waals surface area contributed by atoms with Gasteiger partial charge in [0.05, 0.1) is 0 Å². The molecule has 0 fully saturated rings. The molecule has 0 aliphatic carbocycles. The van der Waals surface area contributed by atoms with Gasteiger partial charge in [0.25, 0.3) is 0 Å². The van der Waals surface area contributed by atoms with Crippen LogP contribution in [0, 0.1) is 6.92 Å². The molecular weight excluding hydrogens is 254 g/mol. The largest absolute Gasteiger partial charge is 0.316 e. The van der Waals surface area contributed by atoms with Crippen LogP contribution in [-0.2, 0) is 12.8 Å². The molecule has 0 radical (unpaired) electrons. The lowest BCUT2D eigenvalue weighted by Gasteiger charge is -2.06. The fourth-order valence-corrected chi connectivity index (χ4v) is 2.63. The van der Waals surface area contributed by atoms with Crippen molar-refractivity contribution in [2.75, 3.05) is 13.1 Å². The van der Waals surface area contributed by atoms with Gasteiger partial charge in [0.2, 0.25) is 0 Å². The Morgan fingerprint density at radius 1 is 0.714 bits per heavy atom. The summed E-state index contributed by atoms with van der Waals surface area (Å²) >= 11 is 0. The van der Waals surface area contributed by atoms with Crippen LogP contribution < -0.4 is 5.32 Å². The highest BCUT2D eigenvalue weighted by Gasteiger charge is 1.95. The van der Waals surface area contributed by atoms with Crippen molar-refractivity contribution in [2.45, 2.75) is 39.0 Å². The summed E-state index contributed by atoms with van der Waals surface area (Å²) in [5.74, 6) is 0. The predicted octanol–water partition coefficient (Wildman–Crippen LogP) is 4.54. The minimum Gasteiger partial charge on any atom is -0.316 e. The summed E-state index contributed by atoms with van der Waals surface area (Å²) < 4.78 is 0. The number of aryl methyl sites for hydroxylation is 2. The maximum Gasteiger partial charge on any atom is -0.000835 e. The third kappa shape index (κ3) is 6.59. The monoisotopic (exact) mass is 281 g/mol. The standard InChI is InChI=1S/C20H27N/c1-18-9-8-13-20(17-18)14-16-21-15-7-3-6-12-19-10-4-2-5-11-19/h2,4-5,8-11,13,17,21H,3,6-7,12,14-16H2,1H3. The van der Waals surface area contributed by atoms with Crippen molar-refractivity contribution in [3.05, 3.63) is 71.3 Å². The second-order valence-electron chi connectivity index (χ2n) is 5.79. The molecule has 0 amide bonds. The molecule has 0 spiro atoms. The van der Waals surface area contributed by atoms with Crippen molar-refractivity contribution in [1.29, 1.82) is 0 Å². The maximum absolute atomic E-state index is 3.55. The van der Waals surface area contributed by atoms with E-state index in [0.29, 0.717) is 0 Å². The van der Waals surface area contributed by atoms with Crippen LogP contribution in [0.3, 0.4) is 0 Å². The van der Waals surface area contributed by atoms with Crippen molar-refractivity contribution in [3.63, 3.8) is 0 Å². The summed E-state index contributed by atoms with van der Waals surface area (Å²) in [7, 11) is 0. The van der Waals surface area contributed by atoms with Gasteiger partial charge in [-0.3, -0.25) is 0 Å². The minimum atomic E-state index is 1.09. The highest BCUT2D eigenvalue weighted by Crippen LogP contribution is 2.06. The van der Waals surface area contributed by atoms with E-state index >= 15 is 0 Å². The zero-order chi connectivity index (χ0) is 14.8. The molecule has 0 unspecified atom stereocenters. The van der Waals surface area contributed by atoms with Crippen molar-refractivity contribution in [1.82, 2.24) is 5.32 Å². The molecule has 0 bridgehead atoms. The lowest BCUT2D eigenvalue weighted by molar-refractivity contribution is 0.603. The molecule has 0 heterocycles. The number of rotatable bonds is 9. The van der Waals surface area contributed by atoms with Gasteiger partial charge in [-0.2, -0.15) is 0 Å². The van der Waals surface area contributed by atoms with E-state index in [1.54, 1.807) is 0 Å². The molecule has 0 aliphatic heterocycles. The molecule has 1 nitrogen and oxygen atoms in total. The third-order valence-corrected chi connectivity index (χ3v) is 3.83. The fourth-order valence-electron chi connectivity index (χ4n) is 2.63. The third-order valence-electron chi connectivity index (χ3n) is 3.83. The highest BCUT2D eigenvalue weighted by molar-refractivity contribution is 5.22. The zero-order valence-corrected chi connectivity index (χ0v) is 13.1. The lowest BCUT2D eigenvalue weighted by atomic mass is 10.1. The SMILES string of the molecule is Cc1cccc(CCNCCCCCc2ccccc2)c1. The smallest absolute Gasteiger partial charge is 0.000835 e. The van der Waals surface area contributed by atoms with Crippen LogP contribution in [0.2, 0.25) is 0 Å². The summed E-state index contributed by atoms with van der Waals surface area (Å²) in [6.07, 6.45) is 6.23. The van der Waals surface area contributed by atoms with Crippen LogP contribution in [0.1, 0.15) is 36.0 Å². The van der Waals surface area contributed by atoms with Crippen molar-refractivity contribution in [3.8, 4) is 0 Å². The number of nitrogens with one attached hydrogen (secondary N) is 1. The molecule has 0 atom stereocenters. The van der Waals surface area contributed by atoms with Crippen molar-refractivity contribution in [2.24, 2.45) is 0 Å². The second-order valence-corrected chi connectivity index (χ2v) is 5.79. The van der Waals surface area contributed by atoms with Crippen LogP contribution in [0.4, 0.5) is 0 Å². The Labute approximate surface area is 129 Å². The summed E-state index contributed by atoms with van der Waals surface area (Å²) in [6.45, 7) is 4.38. The van der Waals surface area contributed by atoms with E-state index in [0.717, 1.165) is 19.5 Å². The minimum absolute atomic E-state index is 1.09. The van der Waals surface area contributed by atoms with E-state index < -0.39 is 0 Å². The Morgan fingerprint density at radius 3 is 2.33 bits per heavy atom. The van der Waals surface area contributed by atoms with Gasteiger partial charge in [0.1, 0.15) is 0 Å². The molecule has 1 N–H and O–H groups in total. The van der Waals surface area contributed by atoms with E-state index in [1.165, 1.54) is 42.4 Å². The van der Waals surface area contributed by atoms with E-state index in [-0.39, 0.29) is 0 Å². The Balaban J connectivity index is 1.47. The van der Waals surface area contributed by atoms with Gasteiger partial charge in [0, 0.05) is 0 Å². The number of hydrogen-bond acceptors (Lipinski definition) is 1. The van der Waals surface area contributed by atoms with Crippen LogP contribution in [0.15, 0.2) is 54.6 Å². The normalized spacial score (nSPS) is 10.7. The van der Waals surface area contributed by atoms with Crippen molar-refractivity contribution >= 4 is 0 Å². The Hall–Kier alpha value is -1.60. The number of unbranched alkanes of at least 4 members (excludes halogenated alkanes) is 2. The van der Waals surface area contributed by atoms with Gasteiger partial charge in [-0.05, 0) is 56.8 Å². The van der Waals surface area contributed by atoms with E-state index in [4.69, 9.17) is 0 Å². The summed E-state index contributed by atoms with van der Waals surface area (Å²) in [5.41, 5.74) is 4.25. The summed E-state index contributed by atoms with van der Waals surface area (Å²) in [5, 5.41) is 3.55. The molecule has 0 aliphatic rings. The topological polar surface area (TPSA) is 12.0 Å². The van der Waals surface area contributed by atoms with Gasteiger partial charge in [0.15, 0.2) is 0 Å². The van der Waals surface area contributed by atoms with Gasteiger partial charge in [-0.15, -0.1) is 0 Å². The molecular formula is C20H27N.